The summed E-state index contributed by atoms with van der Waals surface area (Å²) in [6.07, 6.45) is 1.41. The summed E-state index contributed by atoms with van der Waals surface area (Å²) in [5.41, 5.74) is 0.0616. The second-order valence-electron chi connectivity index (χ2n) is 4.81. The van der Waals surface area contributed by atoms with Gasteiger partial charge in [0, 0.05) is 12.3 Å². The quantitative estimate of drug-likeness (QED) is 0.831. The van der Waals surface area contributed by atoms with E-state index in [1.807, 2.05) is 0 Å². The molecule has 0 aliphatic rings. The predicted octanol–water partition coefficient (Wildman–Crippen LogP) is 2.80. The van der Waals surface area contributed by atoms with E-state index in [1.54, 1.807) is 0 Å². The Labute approximate surface area is 131 Å². The molecule has 1 aromatic carbocycles. The standard InChI is InChI=1S/C16H15F3N2O2/c1-10(15-13(18)3-2-6-20-15)16(22)21-7-8-23-11-4-5-12(17)14(19)9-11/h2-6,9-10H,7-8H2,1H3,(H,21,22)/t10-/m1/s1. The number of rotatable bonds is 6. The van der Waals surface area contributed by atoms with E-state index < -0.39 is 29.3 Å². The van der Waals surface area contributed by atoms with Gasteiger partial charge in [-0.25, -0.2) is 13.2 Å². The minimum Gasteiger partial charge on any atom is -0.492 e. The van der Waals surface area contributed by atoms with Gasteiger partial charge in [-0.3, -0.25) is 9.78 Å². The maximum Gasteiger partial charge on any atom is 0.229 e. The van der Waals surface area contributed by atoms with Crippen molar-refractivity contribution in [1.29, 1.82) is 0 Å². The Bertz CT molecular complexity index is 695. The Kier molecular flexibility index (Phi) is 5.56. The van der Waals surface area contributed by atoms with Crippen LogP contribution in [0.4, 0.5) is 13.2 Å². The van der Waals surface area contributed by atoms with Crippen molar-refractivity contribution in [2.45, 2.75) is 12.8 Å². The summed E-state index contributed by atoms with van der Waals surface area (Å²) in [7, 11) is 0. The third-order valence-electron chi connectivity index (χ3n) is 3.15. The SMILES string of the molecule is C[C@@H](C(=O)NCCOc1ccc(F)c(F)c1)c1ncccc1F. The molecule has 1 amide bonds. The first-order valence-corrected chi connectivity index (χ1v) is 6.95. The molecule has 1 N–H and O–H groups in total. The van der Waals surface area contributed by atoms with E-state index in [2.05, 4.69) is 10.3 Å². The number of hydrogen-bond donors (Lipinski definition) is 1. The number of nitrogens with one attached hydrogen (secondary N) is 1. The fraction of sp³-hybridized carbons (Fsp3) is 0.250. The van der Waals surface area contributed by atoms with Crippen LogP contribution in [0.1, 0.15) is 18.5 Å². The maximum absolute atomic E-state index is 13.5. The van der Waals surface area contributed by atoms with Crippen molar-refractivity contribution in [3.8, 4) is 5.75 Å². The summed E-state index contributed by atoms with van der Waals surface area (Å²) in [5, 5.41) is 2.57. The molecule has 0 aliphatic heterocycles. The normalized spacial score (nSPS) is 11.8. The molecule has 1 heterocycles. The molecule has 0 saturated carbocycles. The largest absolute Gasteiger partial charge is 0.492 e. The van der Waals surface area contributed by atoms with Crippen molar-refractivity contribution in [3.63, 3.8) is 0 Å². The van der Waals surface area contributed by atoms with Crippen molar-refractivity contribution in [2.24, 2.45) is 0 Å². The van der Waals surface area contributed by atoms with Gasteiger partial charge >= 0.3 is 0 Å². The third kappa shape index (κ3) is 4.45. The van der Waals surface area contributed by atoms with Crippen LogP contribution in [0.2, 0.25) is 0 Å². The van der Waals surface area contributed by atoms with Gasteiger partial charge in [-0.05, 0) is 31.2 Å². The van der Waals surface area contributed by atoms with E-state index in [1.165, 1.54) is 31.3 Å². The van der Waals surface area contributed by atoms with Gasteiger partial charge in [-0.2, -0.15) is 0 Å². The molecule has 7 heteroatoms. The summed E-state index contributed by atoms with van der Waals surface area (Å²) in [6, 6.07) is 5.84. The third-order valence-corrected chi connectivity index (χ3v) is 3.15. The van der Waals surface area contributed by atoms with Gasteiger partial charge in [0.15, 0.2) is 11.6 Å². The number of carbonyl (C=O) groups is 1. The molecule has 1 atom stereocenters. The van der Waals surface area contributed by atoms with Crippen LogP contribution in [0.5, 0.6) is 5.75 Å². The van der Waals surface area contributed by atoms with Gasteiger partial charge in [-0.15, -0.1) is 0 Å². The van der Waals surface area contributed by atoms with Crippen LogP contribution in [-0.4, -0.2) is 24.0 Å². The zero-order valence-electron chi connectivity index (χ0n) is 12.4. The Hall–Kier alpha value is -2.57. The van der Waals surface area contributed by atoms with Crippen LogP contribution in [0.25, 0.3) is 0 Å². The average Bonchev–Trinajstić information content (AvgIpc) is 2.54. The van der Waals surface area contributed by atoms with E-state index in [9.17, 15) is 18.0 Å². The van der Waals surface area contributed by atoms with Crippen LogP contribution < -0.4 is 10.1 Å². The van der Waals surface area contributed by atoms with Gasteiger partial charge in [0.2, 0.25) is 5.91 Å². The second-order valence-corrected chi connectivity index (χ2v) is 4.81. The lowest BCUT2D eigenvalue weighted by Crippen LogP contribution is -2.32. The number of hydrogen-bond acceptors (Lipinski definition) is 3. The van der Waals surface area contributed by atoms with Crippen molar-refractivity contribution in [3.05, 3.63) is 59.7 Å². The first-order chi connectivity index (χ1) is 11.0. The van der Waals surface area contributed by atoms with Gasteiger partial charge in [-0.1, -0.05) is 0 Å². The molecular weight excluding hydrogens is 309 g/mol. The van der Waals surface area contributed by atoms with Crippen molar-refractivity contribution in [2.75, 3.05) is 13.2 Å². The Morgan fingerprint density at radius 2 is 2.00 bits per heavy atom. The molecule has 4 nitrogen and oxygen atoms in total. The summed E-state index contributed by atoms with van der Waals surface area (Å²) in [4.78, 5) is 15.8. The van der Waals surface area contributed by atoms with E-state index >= 15 is 0 Å². The lowest BCUT2D eigenvalue weighted by molar-refractivity contribution is -0.122. The van der Waals surface area contributed by atoms with E-state index in [0.29, 0.717) is 0 Å². The first-order valence-electron chi connectivity index (χ1n) is 6.95. The van der Waals surface area contributed by atoms with E-state index in [0.717, 1.165) is 12.1 Å². The highest BCUT2D eigenvalue weighted by Gasteiger charge is 2.19. The molecule has 23 heavy (non-hydrogen) atoms. The molecule has 0 aliphatic carbocycles. The summed E-state index contributed by atoms with van der Waals surface area (Å²) >= 11 is 0. The van der Waals surface area contributed by atoms with E-state index in [-0.39, 0.29) is 24.6 Å². The van der Waals surface area contributed by atoms with Crippen LogP contribution in [0.3, 0.4) is 0 Å². The highest BCUT2D eigenvalue weighted by Crippen LogP contribution is 2.16. The Morgan fingerprint density at radius 1 is 1.22 bits per heavy atom. The van der Waals surface area contributed by atoms with Gasteiger partial charge in [0.1, 0.15) is 18.2 Å². The lowest BCUT2D eigenvalue weighted by Gasteiger charge is -2.13. The molecule has 0 bridgehead atoms. The molecule has 1 aromatic heterocycles. The number of halogens is 3. The molecule has 0 saturated heterocycles. The summed E-state index contributed by atoms with van der Waals surface area (Å²) in [5.74, 6) is -3.52. The van der Waals surface area contributed by atoms with Crippen LogP contribution in [-0.2, 0) is 4.79 Å². The molecule has 0 fully saturated rings. The summed E-state index contributed by atoms with van der Waals surface area (Å²) < 4.78 is 44.5. The van der Waals surface area contributed by atoms with Crippen LogP contribution in [0, 0.1) is 17.5 Å². The van der Waals surface area contributed by atoms with Gasteiger partial charge in [0.05, 0.1) is 18.2 Å². The maximum atomic E-state index is 13.5. The first kappa shape index (κ1) is 16.8. The zero-order chi connectivity index (χ0) is 16.8. The number of carbonyl (C=O) groups excluding carboxylic acids is 1. The minimum atomic E-state index is -1.01. The number of ether oxygens (including phenoxy) is 1. The predicted molar refractivity (Wildman–Crippen MR) is 77.5 cm³/mol. The smallest absolute Gasteiger partial charge is 0.229 e. The van der Waals surface area contributed by atoms with Gasteiger partial charge in [0.25, 0.3) is 0 Å². The number of pyridine rings is 1. The lowest BCUT2D eigenvalue weighted by atomic mass is 10.1. The van der Waals surface area contributed by atoms with Crippen molar-refractivity contribution in [1.82, 2.24) is 10.3 Å². The minimum absolute atomic E-state index is 0.0616. The molecule has 122 valence electrons. The Morgan fingerprint density at radius 3 is 2.70 bits per heavy atom. The fourth-order valence-electron chi connectivity index (χ4n) is 1.90. The highest BCUT2D eigenvalue weighted by atomic mass is 19.2. The number of benzene rings is 1. The average molecular weight is 324 g/mol. The van der Waals surface area contributed by atoms with Crippen LogP contribution in [0.15, 0.2) is 36.5 Å². The molecule has 0 unspecified atom stereocenters. The summed E-state index contributed by atoms with van der Waals surface area (Å²) in [6.45, 7) is 1.74. The number of aromatic nitrogens is 1. The zero-order valence-corrected chi connectivity index (χ0v) is 12.4. The monoisotopic (exact) mass is 324 g/mol. The van der Waals surface area contributed by atoms with Crippen LogP contribution >= 0.6 is 0 Å². The Balaban J connectivity index is 1.80. The topological polar surface area (TPSA) is 51.2 Å². The highest BCUT2D eigenvalue weighted by molar-refractivity contribution is 5.82. The fourth-order valence-corrected chi connectivity index (χ4v) is 1.90. The van der Waals surface area contributed by atoms with Crippen molar-refractivity contribution >= 4 is 5.91 Å². The molecular formula is C16H15F3N2O2. The number of amides is 1. The van der Waals surface area contributed by atoms with Gasteiger partial charge < -0.3 is 10.1 Å². The molecule has 0 radical (unpaired) electrons. The van der Waals surface area contributed by atoms with E-state index in [4.69, 9.17) is 4.74 Å². The number of nitrogens with zero attached hydrogens (tertiary/aromatic N) is 1. The molecule has 0 spiro atoms. The molecule has 2 rings (SSSR count). The second kappa shape index (κ2) is 7.62. The van der Waals surface area contributed by atoms with Crippen molar-refractivity contribution < 1.29 is 22.7 Å². The molecule has 2 aromatic rings.